The number of aromatic nitrogens is 2. The molecule has 0 saturated heterocycles. The first-order valence-corrected chi connectivity index (χ1v) is 4.11. The van der Waals surface area contributed by atoms with Crippen LogP contribution in [0.2, 0.25) is 0 Å². The molecule has 0 aliphatic heterocycles. The molecule has 0 aliphatic carbocycles. The predicted molar refractivity (Wildman–Crippen MR) is 47.6 cm³/mol. The normalized spacial score (nSPS) is 11.7. The summed E-state index contributed by atoms with van der Waals surface area (Å²) in [6.07, 6.45) is 1.65. The van der Waals surface area contributed by atoms with E-state index in [1.165, 1.54) is 11.6 Å². The highest BCUT2D eigenvalue weighted by atomic mass is 16.5. The Morgan fingerprint density at radius 2 is 2.57 bits per heavy atom. The van der Waals surface area contributed by atoms with Crippen molar-refractivity contribution in [2.24, 2.45) is 10.7 Å². The van der Waals surface area contributed by atoms with Crippen LogP contribution in [-0.2, 0) is 13.1 Å². The molecule has 1 rings (SSSR count). The molecule has 0 amide bonds. The number of allylic oxidation sites excluding steroid dienone is 1. The summed E-state index contributed by atoms with van der Waals surface area (Å²) in [5, 5.41) is 14.4. The number of hydrogen-bond acceptors (Lipinski definition) is 5. The van der Waals surface area contributed by atoms with Gasteiger partial charge in [0.1, 0.15) is 0 Å². The largest absolute Gasteiger partial charge is 0.862 e. The van der Waals surface area contributed by atoms with E-state index in [1.807, 2.05) is 0 Å². The Hall–Kier alpha value is -1.69. The van der Waals surface area contributed by atoms with Gasteiger partial charge in [0.25, 0.3) is 5.69 Å². The Morgan fingerprint density at radius 3 is 3.07 bits per heavy atom. The van der Waals surface area contributed by atoms with E-state index in [2.05, 4.69) is 16.8 Å². The van der Waals surface area contributed by atoms with Crippen LogP contribution in [0, 0.1) is 0 Å². The van der Waals surface area contributed by atoms with Crippen molar-refractivity contribution in [1.29, 1.82) is 0 Å². The molecule has 0 aliphatic rings. The zero-order chi connectivity index (χ0) is 10.6. The van der Waals surface area contributed by atoms with Crippen molar-refractivity contribution in [3.05, 3.63) is 18.3 Å². The zero-order valence-corrected chi connectivity index (χ0v) is 7.93. The van der Waals surface area contributed by atoms with Gasteiger partial charge in [-0.3, -0.25) is 4.52 Å². The minimum Gasteiger partial charge on any atom is -0.862 e. The molecular formula is C8H12N4O2. The van der Waals surface area contributed by atoms with Crippen LogP contribution in [0.5, 0.6) is 0 Å². The molecule has 0 bridgehead atoms. The van der Waals surface area contributed by atoms with E-state index in [1.54, 1.807) is 6.08 Å². The molecular weight excluding hydrogens is 184 g/mol. The minimum absolute atomic E-state index is 0.168. The quantitative estimate of drug-likeness (QED) is 0.290. The second-order valence-electron chi connectivity index (χ2n) is 2.63. The van der Waals surface area contributed by atoms with Gasteiger partial charge in [0.2, 0.25) is 5.27 Å². The van der Waals surface area contributed by atoms with Crippen LogP contribution in [0.4, 0.5) is 5.88 Å². The molecule has 1 aromatic rings. The molecule has 1 aromatic heterocycles. The lowest BCUT2D eigenvalue weighted by Gasteiger charge is -1.97. The highest BCUT2D eigenvalue weighted by Gasteiger charge is 2.20. The van der Waals surface area contributed by atoms with Gasteiger partial charge >= 0.3 is 5.88 Å². The summed E-state index contributed by atoms with van der Waals surface area (Å²) in [5.74, 6) is -0.177. The van der Waals surface area contributed by atoms with Crippen molar-refractivity contribution in [2.45, 2.75) is 20.0 Å². The second kappa shape index (κ2) is 4.52. The Balaban J connectivity index is 3.06. The van der Waals surface area contributed by atoms with Crippen molar-refractivity contribution in [3.63, 3.8) is 0 Å². The molecule has 76 valence electrons. The van der Waals surface area contributed by atoms with Crippen LogP contribution in [0.1, 0.15) is 12.6 Å². The highest BCUT2D eigenvalue weighted by Crippen LogP contribution is 2.13. The fourth-order valence-electron chi connectivity index (χ4n) is 0.987. The van der Waals surface area contributed by atoms with Gasteiger partial charge in [-0.25, -0.2) is 4.99 Å². The summed E-state index contributed by atoms with van der Waals surface area (Å²) in [6, 6.07) is 0. The number of nitrogens with zero attached hydrogens (tertiary/aromatic N) is 3. The van der Waals surface area contributed by atoms with Crippen molar-refractivity contribution in [3.8, 4) is 0 Å². The molecule has 0 spiro atoms. The number of nitrogens with two attached hydrogens (primary N) is 1. The maximum Gasteiger partial charge on any atom is 0.325 e. The fraction of sp³-hybridized carbons (Fsp3) is 0.375. The van der Waals surface area contributed by atoms with E-state index in [9.17, 15) is 5.11 Å². The third kappa shape index (κ3) is 2.17. The van der Waals surface area contributed by atoms with Crippen molar-refractivity contribution < 1.29 is 14.3 Å². The van der Waals surface area contributed by atoms with Crippen LogP contribution < -0.4 is 15.5 Å². The molecule has 0 fully saturated rings. The van der Waals surface area contributed by atoms with Crippen molar-refractivity contribution in [2.75, 3.05) is 0 Å². The lowest BCUT2D eigenvalue weighted by Crippen LogP contribution is -2.39. The van der Waals surface area contributed by atoms with E-state index in [4.69, 9.17) is 10.3 Å². The smallest absolute Gasteiger partial charge is 0.325 e. The van der Waals surface area contributed by atoms with Gasteiger partial charge in [-0.05, 0) is 23.6 Å². The molecule has 0 radical (unpaired) electrons. The third-order valence-electron chi connectivity index (χ3n) is 1.54. The van der Waals surface area contributed by atoms with E-state index >= 15 is 0 Å². The average Bonchev–Trinajstić information content (AvgIpc) is 2.47. The third-order valence-corrected chi connectivity index (χ3v) is 1.54. The van der Waals surface area contributed by atoms with Gasteiger partial charge in [0.05, 0.1) is 6.54 Å². The summed E-state index contributed by atoms with van der Waals surface area (Å²) in [4.78, 5) is 3.63. The first kappa shape index (κ1) is 10.4. The van der Waals surface area contributed by atoms with E-state index < -0.39 is 0 Å². The molecule has 2 N–H and O–H groups in total. The van der Waals surface area contributed by atoms with Gasteiger partial charge in [-0.15, -0.1) is 0 Å². The molecule has 14 heavy (non-hydrogen) atoms. The Kier molecular flexibility index (Phi) is 3.35. The Morgan fingerprint density at radius 1 is 1.86 bits per heavy atom. The standard InChI is InChI=1S/C8H12N4O2/c1-3-4-12-7(5-9)8(14-11-12)10-6(2)13/h3H,1,4-5,9H2,2H3. The topological polar surface area (TPSA) is 91.3 Å². The molecule has 0 atom stereocenters. The van der Waals surface area contributed by atoms with E-state index in [0.717, 1.165) is 0 Å². The monoisotopic (exact) mass is 196 g/mol. The predicted octanol–water partition coefficient (Wildman–Crippen LogP) is -0.983. The number of aliphatic imine (C=N–C) groups is 1. The van der Waals surface area contributed by atoms with Crippen LogP contribution in [0.15, 0.2) is 22.2 Å². The summed E-state index contributed by atoms with van der Waals surface area (Å²) < 4.78 is 6.36. The summed E-state index contributed by atoms with van der Waals surface area (Å²) in [5.41, 5.74) is 6.06. The lowest BCUT2D eigenvalue weighted by molar-refractivity contribution is -0.759. The van der Waals surface area contributed by atoms with Gasteiger partial charge in [-0.2, -0.15) is 0 Å². The Labute approximate surface area is 81.3 Å². The van der Waals surface area contributed by atoms with Crippen LogP contribution in [0.3, 0.4) is 0 Å². The minimum atomic E-state index is -0.346. The zero-order valence-electron chi connectivity index (χ0n) is 7.93. The Bertz CT molecular complexity index is 352. The molecule has 0 unspecified atom stereocenters. The highest BCUT2D eigenvalue weighted by molar-refractivity contribution is 5.71. The van der Waals surface area contributed by atoms with Crippen molar-refractivity contribution >= 4 is 11.8 Å². The van der Waals surface area contributed by atoms with Gasteiger partial charge in [-0.1, -0.05) is 6.58 Å². The summed E-state index contributed by atoms with van der Waals surface area (Å²) in [6.45, 7) is 5.58. The van der Waals surface area contributed by atoms with Gasteiger partial charge < -0.3 is 10.8 Å². The fourth-order valence-corrected chi connectivity index (χ4v) is 0.987. The second-order valence-corrected chi connectivity index (χ2v) is 2.63. The van der Waals surface area contributed by atoms with Crippen LogP contribution in [0.25, 0.3) is 0 Å². The summed E-state index contributed by atoms with van der Waals surface area (Å²) in [7, 11) is 0. The average molecular weight is 196 g/mol. The summed E-state index contributed by atoms with van der Waals surface area (Å²) >= 11 is 0. The first-order chi connectivity index (χ1) is 6.69. The molecule has 1 heterocycles. The van der Waals surface area contributed by atoms with Crippen LogP contribution >= 0.6 is 0 Å². The maximum atomic E-state index is 10.7. The maximum absolute atomic E-state index is 10.7. The van der Waals surface area contributed by atoms with Crippen molar-refractivity contribution in [1.82, 2.24) is 5.27 Å². The number of rotatable bonds is 4. The van der Waals surface area contributed by atoms with Crippen LogP contribution in [-0.4, -0.2) is 11.2 Å². The number of hydrogen-bond donors (Lipinski definition) is 1. The van der Waals surface area contributed by atoms with Gasteiger partial charge in [0, 0.05) is 0 Å². The SMILES string of the molecule is C=CC[n+]1noc(/N=C(/C)[O-])c1CN. The van der Waals surface area contributed by atoms with E-state index in [0.29, 0.717) is 12.2 Å². The first-order valence-electron chi connectivity index (χ1n) is 4.11. The molecule has 6 heteroatoms. The lowest BCUT2D eigenvalue weighted by atomic mass is 10.4. The molecule has 0 aromatic carbocycles. The van der Waals surface area contributed by atoms with Gasteiger partial charge in [0.15, 0.2) is 6.54 Å². The molecule has 0 saturated carbocycles. The molecule has 6 nitrogen and oxygen atoms in total. The van der Waals surface area contributed by atoms with E-state index in [-0.39, 0.29) is 18.3 Å².